The fourth-order valence-electron chi connectivity index (χ4n) is 2.09. The van der Waals surface area contributed by atoms with Crippen molar-refractivity contribution in [3.05, 3.63) is 65.2 Å². The quantitative estimate of drug-likeness (QED) is 0.634. The lowest BCUT2D eigenvalue weighted by Crippen LogP contribution is -2.26. The predicted molar refractivity (Wildman–Crippen MR) is 95.8 cm³/mol. The van der Waals surface area contributed by atoms with Crippen molar-refractivity contribution < 1.29 is 4.79 Å². The van der Waals surface area contributed by atoms with Gasteiger partial charge in [-0.05, 0) is 43.5 Å². The summed E-state index contributed by atoms with van der Waals surface area (Å²) in [6.45, 7) is 6.22. The maximum Gasteiger partial charge on any atom is 0.259 e. The van der Waals surface area contributed by atoms with Gasteiger partial charge < -0.3 is 5.32 Å². The van der Waals surface area contributed by atoms with Crippen LogP contribution >= 0.6 is 0 Å². The Kier molecular flexibility index (Phi) is 5.92. The van der Waals surface area contributed by atoms with Crippen molar-refractivity contribution in [1.29, 1.82) is 0 Å². The van der Waals surface area contributed by atoms with Crippen LogP contribution in [0.2, 0.25) is 0 Å². The Labute approximate surface area is 137 Å². The fraction of sp³-hybridized carbons (Fsp3) is 0.263. The highest BCUT2D eigenvalue weighted by Crippen LogP contribution is 2.08. The minimum absolute atomic E-state index is 0.171. The largest absolute Gasteiger partial charge is 0.376 e. The molecule has 0 aliphatic carbocycles. The van der Waals surface area contributed by atoms with Gasteiger partial charge in [0.25, 0.3) is 5.91 Å². The summed E-state index contributed by atoms with van der Waals surface area (Å²) in [6.07, 6.45) is 1.01. The number of carbonyl (C=O) groups excluding carboxylic acids is 1. The summed E-state index contributed by atoms with van der Waals surface area (Å²) >= 11 is 0. The van der Waals surface area contributed by atoms with Gasteiger partial charge in [0.15, 0.2) is 0 Å². The lowest BCUT2D eigenvalue weighted by molar-refractivity contribution is -0.119. The van der Waals surface area contributed by atoms with Crippen LogP contribution in [0.15, 0.2) is 53.6 Å². The van der Waals surface area contributed by atoms with Crippen LogP contribution in [-0.4, -0.2) is 18.2 Å². The van der Waals surface area contributed by atoms with Crippen LogP contribution < -0.4 is 10.7 Å². The van der Waals surface area contributed by atoms with Crippen molar-refractivity contribution in [3.8, 4) is 0 Å². The SMILES string of the molecule is CCc1ccc(/C(C)=N/NC(=O)CNc2ccc(C)cc2)cc1. The molecule has 0 aliphatic heterocycles. The molecular weight excluding hydrogens is 286 g/mol. The Morgan fingerprint density at radius 3 is 2.30 bits per heavy atom. The molecule has 0 heterocycles. The molecule has 2 aromatic rings. The van der Waals surface area contributed by atoms with Gasteiger partial charge in [0.2, 0.25) is 0 Å². The Balaban J connectivity index is 1.85. The first-order valence-electron chi connectivity index (χ1n) is 7.81. The molecule has 120 valence electrons. The van der Waals surface area contributed by atoms with Gasteiger partial charge in [-0.25, -0.2) is 5.43 Å². The number of nitrogens with zero attached hydrogens (tertiary/aromatic N) is 1. The number of rotatable bonds is 6. The van der Waals surface area contributed by atoms with Crippen LogP contribution in [0.5, 0.6) is 0 Å². The Morgan fingerprint density at radius 2 is 1.70 bits per heavy atom. The van der Waals surface area contributed by atoms with Crippen molar-refractivity contribution in [1.82, 2.24) is 5.43 Å². The van der Waals surface area contributed by atoms with Gasteiger partial charge >= 0.3 is 0 Å². The summed E-state index contributed by atoms with van der Waals surface area (Å²) in [5, 5.41) is 7.22. The number of hydrogen-bond donors (Lipinski definition) is 2. The van der Waals surface area contributed by atoms with E-state index in [1.807, 2.05) is 50.2 Å². The molecule has 0 aliphatic rings. The number of nitrogens with one attached hydrogen (secondary N) is 2. The number of anilines is 1. The van der Waals surface area contributed by atoms with E-state index in [0.29, 0.717) is 0 Å². The van der Waals surface area contributed by atoms with Gasteiger partial charge in [0.05, 0.1) is 12.3 Å². The van der Waals surface area contributed by atoms with Crippen LogP contribution in [-0.2, 0) is 11.2 Å². The second-order valence-electron chi connectivity index (χ2n) is 5.50. The van der Waals surface area contributed by atoms with E-state index in [1.165, 1.54) is 11.1 Å². The Morgan fingerprint density at radius 1 is 1.04 bits per heavy atom. The lowest BCUT2D eigenvalue weighted by Gasteiger charge is -2.06. The standard InChI is InChI=1S/C19H23N3O/c1-4-16-7-9-17(10-8-16)15(3)21-22-19(23)13-20-18-11-5-14(2)6-12-18/h5-12,20H,4,13H2,1-3H3,(H,22,23)/b21-15+. The summed E-state index contributed by atoms with van der Waals surface area (Å²) in [4.78, 5) is 11.8. The summed E-state index contributed by atoms with van der Waals surface area (Å²) in [7, 11) is 0. The molecule has 1 amide bonds. The van der Waals surface area contributed by atoms with Gasteiger partial charge in [-0.1, -0.05) is 48.9 Å². The van der Waals surface area contributed by atoms with E-state index in [2.05, 4.69) is 34.9 Å². The van der Waals surface area contributed by atoms with Crippen LogP contribution in [0.25, 0.3) is 0 Å². The van der Waals surface area contributed by atoms with Crippen LogP contribution in [0.4, 0.5) is 5.69 Å². The van der Waals surface area contributed by atoms with Crippen molar-refractivity contribution in [3.63, 3.8) is 0 Å². The molecule has 2 rings (SSSR count). The molecule has 0 spiro atoms. The zero-order valence-electron chi connectivity index (χ0n) is 13.9. The van der Waals surface area contributed by atoms with E-state index in [0.717, 1.165) is 23.4 Å². The number of hydrogen-bond acceptors (Lipinski definition) is 3. The topological polar surface area (TPSA) is 53.5 Å². The molecule has 0 saturated carbocycles. The normalized spacial score (nSPS) is 11.2. The van der Waals surface area contributed by atoms with Crippen molar-refractivity contribution >= 4 is 17.3 Å². The van der Waals surface area contributed by atoms with Gasteiger partial charge in [-0.2, -0.15) is 5.10 Å². The van der Waals surface area contributed by atoms with Gasteiger partial charge in [0, 0.05) is 5.69 Å². The summed E-state index contributed by atoms with van der Waals surface area (Å²) < 4.78 is 0. The maximum atomic E-state index is 11.8. The maximum absolute atomic E-state index is 11.8. The zero-order chi connectivity index (χ0) is 16.7. The van der Waals surface area contributed by atoms with Crippen molar-refractivity contribution in [2.45, 2.75) is 27.2 Å². The number of benzene rings is 2. The minimum Gasteiger partial charge on any atom is -0.376 e. The molecule has 4 nitrogen and oxygen atoms in total. The lowest BCUT2D eigenvalue weighted by atomic mass is 10.1. The molecule has 0 radical (unpaired) electrons. The molecule has 0 unspecified atom stereocenters. The third-order valence-electron chi connectivity index (χ3n) is 3.63. The van der Waals surface area contributed by atoms with Crippen LogP contribution in [0.1, 0.15) is 30.5 Å². The third kappa shape index (κ3) is 5.25. The van der Waals surface area contributed by atoms with Crippen molar-refractivity contribution in [2.24, 2.45) is 5.10 Å². The van der Waals surface area contributed by atoms with E-state index in [1.54, 1.807) is 0 Å². The first kappa shape index (κ1) is 16.7. The summed E-state index contributed by atoms with van der Waals surface area (Å²) in [5.74, 6) is -0.171. The average Bonchev–Trinajstić information content (AvgIpc) is 2.59. The molecule has 23 heavy (non-hydrogen) atoms. The summed E-state index contributed by atoms with van der Waals surface area (Å²) in [5.41, 5.74) is 7.77. The molecule has 2 aromatic carbocycles. The highest BCUT2D eigenvalue weighted by molar-refractivity contribution is 5.99. The Bertz CT molecular complexity index is 673. The average molecular weight is 309 g/mol. The molecule has 2 N–H and O–H groups in total. The highest BCUT2D eigenvalue weighted by Gasteiger charge is 2.02. The highest BCUT2D eigenvalue weighted by atomic mass is 16.2. The van der Waals surface area contributed by atoms with E-state index in [-0.39, 0.29) is 12.5 Å². The third-order valence-corrected chi connectivity index (χ3v) is 3.63. The smallest absolute Gasteiger partial charge is 0.259 e. The van der Waals surface area contributed by atoms with E-state index >= 15 is 0 Å². The zero-order valence-corrected chi connectivity index (χ0v) is 13.9. The molecule has 0 atom stereocenters. The minimum atomic E-state index is -0.171. The second-order valence-corrected chi connectivity index (χ2v) is 5.50. The van der Waals surface area contributed by atoms with Crippen molar-refractivity contribution in [2.75, 3.05) is 11.9 Å². The van der Waals surface area contributed by atoms with E-state index in [9.17, 15) is 4.79 Å². The fourth-order valence-corrected chi connectivity index (χ4v) is 2.09. The van der Waals surface area contributed by atoms with E-state index in [4.69, 9.17) is 0 Å². The molecule has 0 saturated heterocycles. The summed E-state index contributed by atoms with van der Waals surface area (Å²) in [6, 6.07) is 16.1. The first-order valence-corrected chi connectivity index (χ1v) is 7.81. The number of carbonyl (C=O) groups is 1. The van der Waals surface area contributed by atoms with E-state index < -0.39 is 0 Å². The molecule has 0 aromatic heterocycles. The molecular formula is C19H23N3O. The van der Waals surface area contributed by atoms with Gasteiger partial charge in [-0.15, -0.1) is 0 Å². The molecule has 0 fully saturated rings. The van der Waals surface area contributed by atoms with Gasteiger partial charge in [0.1, 0.15) is 0 Å². The van der Waals surface area contributed by atoms with Crippen LogP contribution in [0, 0.1) is 6.92 Å². The van der Waals surface area contributed by atoms with Gasteiger partial charge in [-0.3, -0.25) is 4.79 Å². The van der Waals surface area contributed by atoms with Crippen LogP contribution in [0.3, 0.4) is 0 Å². The number of hydrazone groups is 1. The second kappa shape index (κ2) is 8.13. The number of amides is 1. The Hall–Kier alpha value is -2.62. The monoisotopic (exact) mass is 309 g/mol. The predicted octanol–water partition coefficient (Wildman–Crippen LogP) is 3.51. The molecule has 0 bridgehead atoms. The first-order chi connectivity index (χ1) is 11.1. The molecule has 4 heteroatoms. The number of aryl methyl sites for hydroxylation is 2.